The van der Waals surface area contributed by atoms with E-state index in [0.29, 0.717) is 37.1 Å². The summed E-state index contributed by atoms with van der Waals surface area (Å²) in [5.74, 6) is 1.21. The number of imidazole rings is 1. The van der Waals surface area contributed by atoms with Crippen molar-refractivity contribution in [1.29, 1.82) is 0 Å². The van der Waals surface area contributed by atoms with Crippen molar-refractivity contribution >= 4 is 27.9 Å². The molecular formula is C26H37N5O6S. The van der Waals surface area contributed by atoms with Crippen LogP contribution in [0.4, 0.5) is 15.3 Å². The van der Waals surface area contributed by atoms with Gasteiger partial charge in [-0.15, -0.1) is 0 Å². The number of likely N-dealkylation sites (tertiary alicyclic amines) is 1. The van der Waals surface area contributed by atoms with Gasteiger partial charge in [-0.25, -0.2) is 27.3 Å². The van der Waals surface area contributed by atoms with Crippen molar-refractivity contribution in [1.82, 2.24) is 19.2 Å². The van der Waals surface area contributed by atoms with Crippen LogP contribution in [0.2, 0.25) is 0 Å². The Morgan fingerprint density at radius 1 is 1.11 bits per heavy atom. The Morgan fingerprint density at radius 3 is 2.34 bits per heavy atom. The smallest absolute Gasteiger partial charge is 0.411 e. The number of aromatic amines is 1. The molecule has 2 saturated heterocycles. The third kappa shape index (κ3) is 6.65. The summed E-state index contributed by atoms with van der Waals surface area (Å²) in [7, 11) is -1.89. The first-order valence-corrected chi connectivity index (χ1v) is 14.6. The van der Waals surface area contributed by atoms with E-state index in [1.54, 1.807) is 23.2 Å². The predicted octanol–water partition coefficient (Wildman–Crippen LogP) is 4.22. The van der Waals surface area contributed by atoms with Gasteiger partial charge in [0.25, 0.3) is 0 Å². The molecule has 3 heterocycles. The molecule has 1 aromatic heterocycles. The SMILES string of the molecule is COC(=O)Nc1ccc(-c2cnc([C@@H]3C[C@H](C4CCN(S(C)(=O)=O)CC4)CN3C(=O)OC(C)(C)C)[nH]2)cc1. The lowest BCUT2D eigenvalue weighted by Crippen LogP contribution is -2.40. The lowest BCUT2D eigenvalue weighted by atomic mass is 9.83. The average molecular weight is 548 g/mol. The molecule has 2 aliphatic heterocycles. The van der Waals surface area contributed by atoms with Crippen LogP contribution in [0.15, 0.2) is 30.5 Å². The molecule has 0 radical (unpaired) electrons. The van der Waals surface area contributed by atoms with Gasteiger partial charge < -0.3 is 14.5 Å². The highest BCUT2D eigenvalue weighted by Gasteiger charge is 2.43. The largest absolute Gasteiger partial charge is 0.453 e. The Labute approximate surface area is 223 Å². The van der Waals surface area contributed by atoms with Gasteiger partial charge in [0.15, 0.2) is 0 Å². The van der Waals surface area contributed by atoms with E-state index in [4.69, 9.17) is 4.74 Å². The molecule has 2 N–H and O–H groups in total. The second-order valence-corrected chi connectivity index (χ2v) is 13.0. The zero-order valence-corrected chi connectivity index (χ0v) is 23.4. The summed E-state index contributed by atoms with van der Waals surface area (Å²) in [5.41, 5.74) is 1.65. The van der Waals surface area contributed by atoms with Crippen LogP contribution in [0.5, 0.6) is 0 Å². The van der Waals surface area contributed by atoms with Crippen molar-refractivity contribution < 1.29 is 27.5 Å². The van der Waals surface area contributed by atoms with Crippen LogP contribution in [0.25, 0.3) is 11.3 Å². The number of anilines is 1. The average Bonchev–Trinajstić information content (AvgIpc) is 3.51. The van der Waals surface area contributed by atoms with Crippen molar-refractivity contribution in [3.8, 4) is 11.3 Å². The molecule has 0 unspecified atom stereocenters. The minimum atomic E-state index is -3.20. The molecule has 2 amide bonds. The third-order valence-electron chi connectivity index (χ3n) is 7.13. The van der Waals surface area contributed by atoms with E-state index in [1.807, 2.05) is 32.9 Å². The highest BCUT2D eigenvalue weighted by atomic mass is 32.2. The molecule has 0 aliphatic carbocycles. The molecule has 38 heavy (non-hydrogen) atoms. The van der Waals surface area contributed by atoms with Crippen LogP contribution < -0.4 is 5.32 Å². The highest BCUT2D eigenvalue weighted by Crippen LogP contribution is 2.42. The first-order chi connectivity index (χ1) is 17.8. The van der Waals surface area contributed by atoms with E-state index in [0.717, 1.165) is 30.5 Å². The summed E-state index contributed by atoms with van der Waals surface area (Å²) in [4.78, 5) is 34.4. The number of aromatic nitrogens is 2. The second-order valence-electron chi connectivity index (χ2n) is 11.0. The van der Waals surface area contributed by atoms with Crippen LogP contribution in [-0.4, -0.2) is 78.4 Å². The Hall–Kier alpha value is -3.12. The molecule has 11 nitrogen and oxygen atoms in total. The van der Waals surface area contributed by atoms with Crippen LogP contribution in [0.3, 0.4) is 0 Å². The lowest BCUT2D eigenvalue weighted by Gasteiger charge is -2.33. The summed E-state index contributed by atoms with van der Waals surface area (Å²) in [6.45, 7) is 7.08. The number of sulfonamides is 1. The van der Waals surface area contributed by atoms with Gasteiger partial charge in [0, 0.05) is 25.3 Å². The number of H-pyrrole nitrogens is 1. The molecule has 2 fully saturated rings. The van der Waals surface area contributed by atoms with Gasteiger partial charge in [-0.3, -0.25) is 10.2 Å². The van der Waals surface area contributed by atoms with Gasteiger partial charge in [0.05, 0.1) is 31.3 Å². The number of amides is 2. The number of piperidine rings is 1. The minimum Gasteiger partial charge on any atom is -0.453 e. The topological polar surface area (TPSA) is 134 Å². The van der Waals surface area contributed by atoms with E-state index in [2.05, 4.69) is 20.0 Å². The number of hydrogen-bond acceptors (Lipinski definition) is 7. The zero-order valence-electron chi connectivity index (χ0n) is 22.6. The summed E-state index contributed by atoms with van der Waals surface area (Å²) in [5, 5.41) is 2.62. The third-order valence-corrected chi connectivity index (χ3v) is 8.44. The monoisotopic (exact) mass is 547 g/mol. The first-order valence-electron chi connectivity index (χ1n) is 12.8. The number of benzene rings is 1. The maximum Gasteiger partial charge on any atom is 0.411 e. The number of ether oxygens (including phenoxy) is 2. The number of carbonyl (C=O) groups excluding carboxylic acids is 2. The first kappa shape index (κ1) is 27.9. The number of nitrogens with zero attached hydrogens (tertiary/aromatic N) is 3. The summed E-state index contributed by atoms with van der Waals surface area (Å²) < 4.78 is 35.8. The molecule has 0 bridgehead atoms. The standard InChI is InChI=1S/C26H37N5O6S/c1-26(2,3)37-25(33)31-16-19(17-10-12-30(13-11-17)38(5,34)35)14-22(31)23-27-15-21(29-23)18-6-8-20(9-7-18)28-24(32)36-4/h6-9,15,17,19,22H,10-14,16H2,1-5H3,(H,27,29)(H,28,32)/t19-,22-/m0/s1. The lowest BCUT2D eigenvalue weighted by molar-refractivity contribution is 0.0209. The van der Waals surface area contributed by atoms with E-state index >= 15 is 0 Å². The van der Waals surface area contributed by atoms with Crippen LogP contribution in [-0.2, 0) is 19.5 Å². The normalized spacial score (nSPS) is 21.3. The Balaban J connectivity index is 1.52. The van der Waals surface area contributed by atoms with Crippen LogP contribution >= 0.6 is 0 Å². The molecule has 0 spiro atoms. The molecule has 0 saturated carbocycles. The number of methoxy groups -OCH3 is 1. The minimum absolute atomic E-state index is 0.214. The van der Waals surface area contributed by atoms with Gasteiger partial charge in [-0.2, -0.15) is 0 Å². The fourth-order valence-corrected chi connectivity index (χ4v) is 6.10. The maximum absolute atomic E-state index is 13.2. The Kier molecular flexibility index (Phi) is 8.03. The molecule has 12 heteroatoms. The Morgan fingerprint density at radius 2 is 1.76 bits per heavy atom. The van der Waals surface area contributed by atoms with Gasteiger partial charge in [0.2, 0.25) is 10.0 Å². The van der Waals surface area contributed by atoms with Crippen molar-refractivity contribution in [3.63, 3.8) is 0 Å². The molecule has 4 rings (SSSR count). The van der Waals surface area contributed by atoms with Gasteiger partial charge in [-0.1, -0.05) is 12.1 Å². The summed E-state index contributed by atoms with van der Waals surface area (Å²) in [6, 6.07) is 6.99. The molecule has 2 aromatic rings. The second kappa shape index (κ2) is 10.9. The predicted molar refractivity (Wildman–Crippen MR) is 143 cm³/mol. The molecular weight excluding hydrogens is 510 g/mol. The van der Waals surface area contributed by atoms with Crippen molar-refractivity contribution in [2.45, 2.75) is 51.7 Å². The van der Waals surface area contributed by atoms with Crippen molar-refractivity contribution in [3.05, 3.63) is 36.3 Å². The van der Waals surface area contributed by atoms with Gasteiger partial charge >= 0.3 is 12.2 Å². The van der Waals surface area contributed by atoms with E-state index < -0.39 is 21.7 Å². The number of carbonyl (C=O) groups is 2. The van der Waals surface area contributed by atoms with Gasteiger partial charge in [0.1, 0.15) is 11.4 Å². The van der Waals surface area contributed by atoms with Crippen molar-refractivity contribution in [2.24, 2.45) is 11.8 Å². The maximum atomic E-state index is 13.2. The number of nitrogens with one attached hydrogen (secondary N) is 2. The fourth-order valence-electron chi connectivity index (χ4n) is 5.23. The molecule has 208 valence electrons. The zero-order chi connectivity index (χ0) is 27.7. The molecule has 2 atom stereocenters. The summed E-state index contributed by atoms with van der Waals surface area (Å²) >= 11 is 0. The van der Waals surface area contributed by atoms with Crippen LogP contribution in [0, 0.1) is 11.8 Å². The van der Waals surface area contributed by atoms with Crippen LogP contribution in [0.1, 0.15) is 51.9 Å². The van der Waals surface area contributed by atoms with Crippen molar-refractivity contribution in [2.75, 3.05) is 38.3 Å². The quantitative estimate of drug-likeness (QED) is 0.572. The Bertz CT molecular complexity index is 1250. The molecule has 1 aromatic carbocycles. The van der Waals surface area contributed by atoms with Gasteiger partial charge in [-0.05, 0) is 69.6 Å². The number of rotatable bonds is 5. The number of hydrogen-bond donors (Lipinski definition) is 2. The summed E-state index contributed by atoms with van der Waals surface area (Å²) in [6.07, 6.45) is 4.32. The fraction of sp³-hybridized carbons (Fsp3) is 0.577. The highest BCUT2D eigenvalue weighted by molar-refractivity contribution is 7.88. The van der Waals surface area contributed by atoms with E-state index in [-0.39, 0.29) is 18.1 Å². The van der Waals surface area contributed by atoms with E-state index in [9.17, 15) is 18.0 Å². The molecule has 2 aliphatic rings. The van der Waals surface area contributed by atoms with E-state index in [1.165, 1.54) is 17.7 Å².